The summed E-state index contributed by atoms with van der Waals surface area (Å²) in [6, 6.07) is 10.5. The molecule has 130 valence electrons. The number of rotatable bonds is 3. The van der Waals surface area contributed by atoms with Crippen molar-refractivity contribution in [2.45, 2.75) is 19.4 Å². The maximum atomic E-state index is 11.2. The molecular weight excluding hydrogens is 361 g/mol. The summed E-state index contributed by atoms with van der Waals surface area (Å²) < 4.78 is 0. The van der Waals surface area contributed by atoms with Crippen LogP contribution in [0.15, 0.2) is 42.5 Å². The van der Waals surface area contributed by atoms with Gasteiger partial charge >= 0.3 is 5.97 Å². The van der Waals surface area contributed by atoms with Crippen LogP contribution in [0.3, 0.4) is 0 Å². The van der Waals surface area contributed by atoms with Crippen molar-refractivity contribution in [1.82, 2.24) is 5.06 Å². The van der Waals surface area contributed by atoms with Gasteiger partial charge in [-0.1, -0.05) is 29.3 Å². The first kappa shape index (κ1) is 17.8. The highest BCUT2D eigenvalue weighted by Crippen LogP contribution is 2.41. The van der Waals surface area contributed by atoms with Crippen LogP contribution >= 0.6 is 23.2 Å². The minimum atomic E-state index is -0.938. The van der Waals surface area contributed by atoms with Crippen molar-refractivity contribution in [3.63, 3.8) is 0 Å². The first-order chi connectivity index (χ1) is 11.7. The summed E-state index contributed by atoms with van der Waals surface area (Å²) in [6.07, 6.45) is 1.98. The summed E-state index contributed by atoms with van der Waals surface area (Å²) in [6.45, 7) is 3.70. The van der Waals surface area contributed by atoms with Crippen molar-refractivity contribution in [3.05, 3.63) is 74.8 Å². The summed E-state index contributed by atoms with van der Waals surface area (Å²) >= 11 is 12.2. The zero-order valence-corrected chi connectivity index (χ0v) is 15.5. The van der Waals surface area contributed by atoms with Crippen LogP contribution in [0.5, 0.6) is 0 Å². The molecule has 0 fully saturated rings. The molecule has 2 aromatic carbocycles. The molecule has 1 aliphatic rings. The van der Waals surface area contributed by atoms with E-state index in [1.165, 1.54) is 0 Å². The van der Waals surface area contributed by atoms with Gasteiger partial charge in [0.05, 0.1) is 11.3 Å². The van der Waals surface area contributed by atoms with Gasteiger partial charge < -0.3 is 5.11 Å². The Morgan fingerprint density at radius 2 is 1.80 bits per heavy atom. The molecule has 0 saturated heterocycles. The lowest BCUT2D eigenvalue weighted by atomic mass is 9.94. The topological polar surface area (TPSA) is 49.8 Å². The molecule has 0 radical (unpaired) electrons. The molecule has 2 aromatic rings. The van der Waals surface area contributed by atoms with Crippen molar-refractivity contribution in [1.29, 1.82) is 0 Å². The molecule has 3 rings (SSSR count). The van der Waals surface area contributed by atoms with Crippen molar-refractivity contribution in [3.8, 4) is 0 Å². The second-order valence-corrected chi connectivity index (χ2v) is 7.09. The molecule has 1 unspecified atom stereocenters. The zero-order valence-electron chi connectivity index (χ0n) is 14.0. The Hall–Kier alpha value is -2.01. The van der Waals surface area contributed by atoms with Gasteiger partial charge in [-0.15, -0.1) is 0 Å². The molecule has 0 aliphatic carbocycles. The van der Waals surface area contributed by atoms with E-state index in [0.717, 1.165) is 16.8 Å². The molecule has 0 saturated carbocycles. The molecule has 0 spiro atoms. The summed E-state index contributed by atoms with van der Waals surface area (Å²) in [5.41, 5.74) is 2.82. The predicted molar refractivity (Wildman–Crippen MR) is 98.8 cm³/mol. The highest BCUT2D eigenvalue weighted by atomic mass is 35.5. The Balaban J connectivity index is 2.04. The monoisotopic (exact) mass is 377 g/mol. The molecule has 1 heterocycles. The Bertz CT molecular complexity index is 874. The fourth-order valence-corrected chi connectivity index (χ4v) is 3.54. The molecular formula is C19H17Cl2NO3. The van der Waals surface area contributed by atoms with Gasteiger partial charge in [0, 0.05) is 22.7 Å². The highest BCUT2D eigenvalue weighted by molar-refractivity contribution is 6.34. The van der Waals surface area contributed by atoms with Gasteiger partial charge in [0.1, 0.15) is 5.60 Å². The van der Waals surface area contributed by atoms with E-state index < -0.39 is 11.6 Å². The number of halogens is 2. The van der Waals surface area contributed by atoms with Gasteiger partial charge in [0.15, 0.2) is 0 Å². The number of benzene rings is 2. The average molecular weight is 378 g/mol. The van der Waals surface area contributed by atoms with Crippen LogP contribution in [0.25, 0.3) is 5.70 Å². The van der Waals surface area contributed by atoms with Crippen molar-refractivity contribution in [2.75, 3.05) is 7.05 Å². The Morgan fingerprint density at radius 3 is 2.36 bits per heavy atom. The van der Waals surface area contributed by atoms with Gasteiger partial charge in [-0.05, 0) is 61.4 Å². The van der Waals surface area contributed by atoms with Crippen LogP contribution in [0.4, 0.5) is 0 Å². The van der Waals surface area contributed by atoms with Crippen LogP contribution in [0.2, 0.25) is 10.0 Å². The summed E-state index contributed by atoms with van der Waals surface area (Å²) in [5, 5.41) is 11.9. The van der Waals surface area contributed by atoms with E-state index in [4.69, 9.17) is 28.0 Å². The third-order valence-corrected chi connectivity index (χ3v) is 4.70. The van der Waals surface area contributed by atoms with Crippen molar-refractivity contribution in [2.24, 2.45) is 0 Å². The number of aryl methyl sites for hydroxylation is 1. The molecule has 25 heavy (non-hydrogen) atoms. The van der Waals surface area contributed by atoms with Crippen LogP contribution < -0.4 is 0 Å². The third kappa shape index (κ3) is 3.38. The lowest BCUT2D eigenvalue weighted by Crippen LogP contribution is -2.24. The van der Waals surface area contributed by atoms with Crippen LogP contribution in [-0.4, -0.2) is 23.2 Å². The minimum Gasteiger partial charge on any atom is -0.478 e. The Kier molecular flexibility index (Phi) is 4.54. The van der Waals surface area contributed by atoms with Gasteiger partial charge in [-0.25, -0.2) is 4.79 Å². The normalized spacial score (nSPS) is 19.9. The largest absolute Gasteiger partial charge is 0.478 e. The fourth-order valence-electron chi connectivity index (χ4n) is 3.02. The quantitative estimate of drug-likeness (QED) is 0.804. The lowest BCUT2D eigenvalue weighted by Gasteiger charge is -2.25. The van der Waals surface area contributed by atoms with Crippen LogP contribution in [0, 0.1) is 6.92 Å². The van der Waals surface area contributed by atoms with Gasteiger partial charge in [0.25, 0.3) is 0 Å². The van der Waals surface area contributed by atoms with Gasteiger partial charge in [0.2, 0.25) is 0 Å². The molecule has 1 atom stereocenters. The highest BCUT2D eigenvalue weighted by Gasteiger charge is 2.36. The van der Waals surface area contributed by atoms with E-state index in [1.807, 2.05) is 38.2 Å². The number of hydrogen-bond acceptors (Lipinski definition) is 3. The maximum Gasteiger partial charge on any atom is 0.335 e. The van der Waals surface area contributed by atoms with E-state index >= 15 is 0 Å². The second-order valence-electron chi connectivity index (χ2n) is 6.22. The molecule has 1 aliphatic heterocycles. The summed E-state index contributed by atoms with van der Waals surface area (Å²) in [4.78, 5) is 17.2. The van der Waals surface area contributed by atoms with Crippen LogP contribution in [-0.2, 0) is 10.4 Å². The average Bonchev–Trinajstić information content (AvgIpc) is 2.82. The zero-order chi connectivity index (χ0) is 18.4. The maximum absolute atomic E-state index is 11.2. The standard InChI is InChI=1S/C19H17Cl2NO3/c1-11-6-12(4-5-16(11)18(23)24)17-10-19(2,25-22(17)3)13-7-14(20)9-15(21)8-13/h4-10H,1-3H3,(H,23,24). The number of carboxylic acids is 1. The predicted octanol–water partition coefficient (Wildman–Crippen LogP) is 5.13. The van der Waals surface area contributed by atoms with E-state index in [1.54, 1.807) is 30.2 Å². The van der Waals surface area contributed by atoms with Gasteiger partial charge in [-0.2, -0.15) is 0 Å². The minimum absolute atomic E-state index is 0.287. The second kappa shape index (κ2) is 6.37. The molecule has 0 bridgehead atoms. The lowest BCUT2D eigenvalue weighted by molar-refractivity contribution is -0.155. The number of hydroxylamine groups is 2. The molecule has 1 N–H and O–H groups in total. The smallest absolute Gasteiger partial charge is 0.335 e. The summed E-state index contributed by atoms with van der Waals surface area (Å²) in [7, 11) is 1.81. The molecule has 6 heteroatoms. The Labute approximate surface area is 156 Å². The van der Waals surface area contributed by atoms with Crippen molar-refractivity contribution >= 4 is 34.9 Å². The fraction of sp³-hybridized carbons (Fsp3) is 0.211. The van der Waals surface area contributed by atoms with E-state index in [9.17, 15) is 9.90 Å². The van der Waals surface area contributed by atoms with E-state index in [0.29, 0.717) is 15.6 Å². The SMILES string of the molecule is Cc1cc(C2=CC(C)(c3cc(Cl)cc(Cl)c3)ON2C)ccc1C(=O)O. The third-order valence-electron chi connectivity index (χ3n) is 4.27. The van der Waals surface area contributed by atoms with E-state index in [-0.39, 0.29) is 5.56 Å². The Morgan fingerprint density at radius 1 is 1.16 bits per heavy atom. The number of nitrogens with zero attached hydrogens (tertiary/aromatic N) is 1. The molecule has 0 aromatic heterocycles. The number of aromatic carboxylic acids is 1. The number of carboxylic acid groups (broad SMARTS) is 1. The first-order valence-corrected chi connectivity index (χ1v) is 8.42. The first-order valence-electron chi connectivity index (χ1n) is 7.66. The molecule has 0 amide bonds. The number of hydrogen-bond donors (Lipinski definition) is 1. The van der Waals surface area contributed by atoms with E-state index in [2.05, 4.69) is 0 Å². The van der Waals surface area contributed by atoms with Crippen LogP contribution in [0.1, 0.15) is 34.0 Å². The van der Waals surface area contributed by atoms with Crippen molar-refractivity contribution < 1.29 is 14.7 Å². The summed E-state index contributed by atoms with van der Waals surface area (Å²) in [5.74, 6) is -0.938. The molecule has 4 nitrogen and oxygen atoms in total. The number of carbonyl (C=O) groups is 1. The van der Waals surface area contributed by atoms with Gasteiger partial charge in [-0.3, -0.25) is 9.90 Å².